The molecular formula is C11H17N3OS. The van der Waals surface area contributed by atoms with Crippen LogP contribution in [0.1, 0.15) is 4.88 Å². The van der Waals surface area contributed by atoms with Gasteiger partial charge in [0.05, 0.1) is 6.61 Å². The molecule has 2 rings (SSSR count). The molecule has 0 bridgehead atoms. The number of ether oxygens (including phenoxy) is 1. The molecule has 0 aliphatic carbocycles. The van der Waals surface area contributed by atoms with E-state index in [1.54, 1.807) is 11.3 Å². The third kappa shape index (κ3) is 3.04. The fourth-order valence-electron chi connectivity index (χ4n) is 1.82. The normalized spacial score (nSPS) is 22.1. The first-order chi connectivity index (χ1) is 7.75. The largest absolute Gasteiger partial charge is 0.385 e. The Morgan fingerprint density at radius 2 is 2.56 bits per heavy atom. The molecule has 0 aromatic carbocycles. The van der Waals surface area contributed by atoms with Gasteiger partial charge in [-0.3, -0.25) is 10.3 Å². The smallest absolute Gasteiger partial charge is 0.127 e. The van der Waals surface area contributed by atoms with E-state index < -0.39 is 0 Å². The standard InChI is InChI=1S/C11H17N3OS/c12-11(13)10-8-14(5-6-15-10)4-3-9-2-1-7-16-9/h1-2,7,10H,3-6,8H2,(H3,12,13). The average molecular weight is 239 g/mol. The van der Waals surface area contributed by atoms with E-state index in [2.05, 4.69) is 22.4 Å². The van der Waals surface area contributed by atoms with E-state index in [1.807, 2.05) is 0 Å². The predicted octanol–water partition coefficient (Wildman–Crippen LogP) is 0.927. The van der Waals surface area contributed by atoms with Crippen LogP contribution in [0.4, 0.5) is 0 Å². The summed E-state index contributed by atoms with van der Waals surface area (Å²) in [4.78, 5) is 3.72. The first-order valence-corrected chi connectivity index (χ1v) is 6.34. The van der Waals surface area contributed by atoms with Crippen LogP contribution in [0.25, 0.3) is 0 Å². The molecular weight excluding hydrogens is 222 g/mol. The SMILES string of the molecule is N=C(N)C1CN(CCc2cccs2)CCO1. The minimum atomic E-state index is -0.211. The highest BCUT2D eigenvalue weighted by Crippen LogP contribution is 2.11. The molecule has 1 saturated heterocycles. The fraction of sp³-hybridized carbons (Fsp3) is 0.545. The fourth-order valence-corrected chi connectivity index (χ4v) is 2.52. The highest BCUT2D eigenvalue weighted by molar-refractivity contribution is 7.09. The molecule has 3 N–H and O–H groups in total. The highest BCUT2D eigenvalue weighted by atomic mass is 32.1. The zero-order chi connectivity index (χ0) is 11.4. The minimum Gasteiger partial charge on any atom is -0.385 e. The first kappa shape index (κ1) is 11.6. The number of morpholine rings is 1. The molecule has 0 amide bonds. The lowest BCUT2D eigenvalue weighted by molar-refractivity contribution is 0.00624. The average Bonchev–Trinajstić information content (AvgIpc) is 2.79. The molecule has 1 aliphatic rings. The van der Waals surface area contributed by atoms with Gasteiger partial charge in [-0.25, -0.2) is 0 Å². The number of hydrogen-bond acceptors (Lipinski definition) is 4. The van der Waals surface area contributed by atoms with Crippen LogP contribution in [0.15, 0.2) is 17.5 Å². The van der Waals surface area contributed by atoms with Crippen molar-refractivity contribution in [3.05, 3.63) is 22.4 Å². The maximum Gasteiger partial charge on any atom is 0.127 e. The lowest BCUT2D eigenvalue weighted by Gasteiger charge is -2.32. The van der Waals surface area contributed by atoms with E-state index in [0.717, 1.165) is 26.1 Å². The molecule has 4 nitrogen and oxygen atoms in total. The van der Waals surface area contributed by atoms with Crippen molar-refractivity contribution < 1.29 is 4.74 Å². The summed E-state index contributed by atoms with van der Waals surface area (Å²) in [5, 5.41) is 9.48. The molecule has 0 saturated carbocycles. The summed E-state index contributed by atoms with van der Waals surface area (Å²) in [6.07, 6.45) is 0.861. The van der Waals surface area contributed by atoms with Crippen LogP contribution in [-0.2, 0) is 11.2 Å². The van der Waals surface area contributed by atoms with Gasteiger partial charge in [0.2, 0.25) is 0 Å². The van der Waals surface area contributed by atoms with Gasteiger partial charge < -0.3 is 10.5 Å². The van der Waals surface area contributed by atoms with Gasteiger partial charge in [0.15, 0.2) is 0 Å². The van der Waals surface area contributed by atoms with E-state index in [9.17, 15) is 0 Å². The monoisotopic (exact) mass is 239 g/mol. The lowest BCUT2D eigenvalue weighted by atomic mass is 10.2. The number of amidine groups is 1. The number of hydrogen-bond donors (Lipinski definition) is 2. The van der Waals surface area contributed by atoms with Crippen LogP contribution in [0.3, 0.4) is 0 Å². The van der Waals surface area contributed by atoms with Gasteiger partial charge in [-0.2, -0.15) is 0 Å². The number of rotatable bonds is 4. The van der Waals surface area contributed by atoms with Crippen molar-refractivity contribution in [1.29, 1.82) is 5.41 Å². The summed E-state index contributed by atoms with van der Waals surface area (Å²) in [6.45, 7) is 3.39. The van der Waals surface area contributed by atoms with Crippen molar-refractivity contribution >= 4 is 17.2 Å². The van der Waals surface area contributed by atoms with Crippen molar-refractivity contribution in [1.82, 2.24) is 4.90 Å². The Kier molecular flexibility index (Phi) is 3.93. The topological polar surface area (TPSA) is 62.3 Å². The zero-order valence-electron chi connectivity index (χ0n) is 9.19. The zero-order valence-corrected chi connectivity index (χ0v) is 10.0. The second-order valence-corrected chi connectivity index (χ2v) is 4.98. The van der Waals surface area contributed by atoms with Gasteiger partial charge in [-0.05, 0) is 17.9 Å². The molecule has 16 heavy (non-hydrogen) atoms. The van der Waals surface area contributed by atoms with Crippen LogP contribution in [0.2, 0.25) is 0 Å². The maximum absolute atomic E-state index is 7.38. The van der Waals surface area contributed by atoms with Crippen LogP contribution in [0, 0.1) is 5.41 Å². The molecule has 1 aromatic heterocycles. The Morgan fingerprint density at radius 1 is 1.69 bits per heavy atom. The number of nitrogens with one attached hydrogen (secondary N) is 1. The van der Waals surface area contributed by atoms with E-state index in [1.165, 1.54) is 4.88 Å². The minimum absolute atomic E-state index is 0.140. The van der Waals surface area contributed by atoms with Gasteiger partial charge in [0.1, 0.15) is 11.9 Å². The Bertz CT molecular complexity index is 339. The summed E-state index contributed by atoms with van der Waals surface area (Å²) in [7, 11) is 0. The van der Waals surface area contributed by atoms with Gasteiger partial charge in [-0.15, -0.1) is 11.3 Å². The van der Waals surface area contributed by atoms with Gasteiger partial charge >= 0.3 is 0 Å². The van der Waals surface area contributed by atoms with Crippen molar-refractivity contribution in [2.75, 3.05) is 26.2 Å². The maximum atomic E-state index is 7.38. The van der Waals surface area contributed by atoms with E-state index in [0.29, 0.717) is 6.61 Å². The van der Waals surface area contributed by atoms with Gasteiger partial charge in [0.25, 0.3) is 0 Å². The number of thiophene rings is 1. The van der Waals surface area contributed by atoms with Crippen molar-refractivity contribution in [2.45, 2.75) is 12.5 Å². The number of nitrogens with zero attached hydrogens (tertiary/aromatic N) is 1. The van der Waals surface area contributed by atoms with Crippen molar-refractivity contribution in [2.24, 2.45) is 5.73 Å². The summed E-state index contributed by atoms with van der Waals surface area (Å²) >= 11 is 1.79. The molecule has 1 aromatic rings. The predicted molar refractivity (Wildman–Crippen MR) is 66.1 cm³/mol. The van der Waals surface area contributed by atoms with E-state index >= 15 is 0 Å². The summed E-state index contributed by atoms with van der Waals surface area (Å²) in [5.41, 5.74) is 5.45. The Balaban J connectivity index is 1.79. The quantitative estimate of drug-likeness (QED) is 0.607. The molecule has 0 spiro atoms. The lowest BCUT2D eigenvalue weighted by Crippen LogP contribution is -2.48. The molecule has 1 aliphatic heterocycles. The molecule has 1 atom stereocenters. The van der Waals surface area contributed by atoms with Gasteiger partial charge in [-0.1, -0.05) is 6.07 Å². The third-order valence-corrected chi connectivity index (χ3v) is 3.69. The molecule has 0 radical (unpaired) electrons. The molecule has 1 unspecified atom stereocenters. The second-order valence-electron chi connectivity index (χ2n) is 3.94. The number of nitrogens with two attached hydrogens (primary N) is 1. The van der Waals surface area contributed by atoms with Crippen molar-refractivity contribution in [3.63, 3.8) is 0 Å². The first-order valence-electron chi connectivity index (χ1n) is 5.46. The van der Waals surface area contributed by atoms with Gasteiger partial charge in [0, 0.05) is 24.5 Å². The second kappa shape index (κ2) is 5.43. The Labute approximate surface area is 99.5 Å². The summed E-state index contributed by atoms with van der Waals surface area (Å²) in [5.74, 6) is 0.140. The summed E-state index contributed by atoms with van der Waals surface area (Å²) in [6, 6.07) is 4.24. The van der Waals surface area contributed by atoms with Crippen molar-refractivity contribution in [3.8, 4) is 0 Å². The molecule has 1 fully saturated rings. The Hall–Kier alpha value is -0.910. The Morgan fingerprint density at radius 3 is 3.25 bits per heavy atom. The van der Waals surface area contributed by atoms with Crippen LogP contribution < -0.4 is 5.73 Å². The van der Waals surface area contributed by atoms with Crippen LogP contribution >= 0.6 is 11.3 Å². The molecule has 88 valence electrons. The van der Waals surface area contributed by atoms with E-state index in [-0.39, 0.29) is 11.9 Å². The highest BCUT2D eigenvalue weighted by Gasteiger charge is 2.22. The molecule has 5 heteroatoms. The van der Waals surface area contributed by atoms with Crippen LogP contribution in [-0.4, -0.2) is 43.1 Å². The summed E-state index contributed by atoms with van der Waals surface area (Å²) < 4.78 is 5.42. The third-order valence-electron chi connectivity index (χ3n) is 2.75. The van der Waals surface area contributed by atoms with E-state index in [4.69, 9.17) is 15.9 Å². The van der Waals surface area contributed by atoms with Crippen LogP contribution in [0.5, 0.6) is 0 Å². The molecule has 2 heterocycles.